The third kappa shape index (κ3) is 4.20. The summed E-state index contributed by atoms with van der Waals surface area (Å²) in [4.78, 5) is 23.5. The van der Waals surface area contributed by atoms with Crippen molar-refractivity contribution in [1.29, 1.82) is 0 Å². The lowest BCUT2D eigenvalue weighted by Crippen LogP contribution is -2.58. The number of fused-ring (bicyclic) bond motifs is 3. The number of para-hydroxylation sites is 1. The number of carbonyl (C=O) groups excluding carboxylic acids is 1. The van der Waals surface area contributed by atoms with E-state index in [2.05, 4.69) is 31.3 Å². The molecular formula is C30H27F2N7O2. The number of anilines is 2. The number of nitrogens with two attached hydrogens (primary N) is 1. The van der Waals surface area contributed by atoms with Gasteiger partial charge in [-0.1, -0.05) is 6.07 Å². The molecule has 0 bridgehead atoms. The number of nitrogens with zero attached hydrogens (tertiary/aromatic N) is 4. The highest BCUT2D eigenvalue weighted by Gasteiger charge is 2.30. The number of rotatable bonds is 6. The van der Waals surface area contributed by atoms with Crippen LogP contribution in [0.2, 0.25) is 0 Å². The number of ether oxygens (including phenoxy) is 1. The van der Waals surface area contributed by atoms with E-state index in [0.717, 1.165) is 55.5 Å². The predicted molar refractivity (Wildman–Crippen MR) is 151 cm³/mol. The Balaban J connectivity index is 1.17. The van der Waals surface area contributed by atoms with Gasteiger partial charge in [0.05, 0.1) is 35.4 Å². The number of hydrogen-bond donors (Lipinski definition) is 3. The summed E-state index contributed by atoms with van der Waals surface area (Å²) in [5.41, 5.74) is 11.7. The molecule has 0 radical (unpaired) electrons. The van der Waals surface area contributed by atoms with Crippen LogP contribution >= 0.6 is 0 Å². The number of H-pyrrole nitrogens is 1. The molecule has 0 amide bonds. The monoisotopic (exact) mass is 555 g/mol. The van der Waals surface area contributed by atoms with E-state index in [1.807, 2.05) is 12.1 Å². The number of aryl methyl sites for hydroxylation is 2. The van der Waals surface area contributed by atoms with Crippen LogP contribution in [0, 0.1) is 18.6 Å². The molecule has 3 aromatic heterocycles. The van der Waals surface area contributed by atoms with Gasteiger partial charge in [0.2, 0.25) is 17.4 Å². The summed E-state index contributed by atoms with van der Waals surface area (Å²) in [6, 6.07) is 11.6. The summed E-state index contributed by atoms with van der Waals surface area (Å²) in [7, 11) is 0. The van der Waals surface area contributed by atoms with Crippen LogP contribution in [0.1, 0.15) is 33.6 Å². The molecule has 41 heavy (non-hydrogen) atoms. The van der Waals surface area contributed by atoms with Crippen LogP contribution in [0.3, 0.4) is 0 Å². The van der Waals surface area contributed by atoms with Crippen molar-refractivity contribution in [2.75, 3.05) is 30.3 Å². The fourth-order valence-corrected chi connectivity index (χ4v) is 5.68. The third-order valence-corrected chi connectivity index (χ3v) is 7.93. The Morgan fingerprint density at radius 3 is 2.63 bits per heavy atom. The molecule has 5 aromatic rings. The maximum absolute atomic E-state index is 14.0. The van der Waals surface area contributed by atoms with E-state index in [1.54, 1.807) is 6.92 Å². The highest BCUT2D eigenvalue weighted by Crippen LogP contribution is 2.36. The number of aromatic amines is 1. The predicted octanol–water partition coefficient (Wildman–Crippen LogP) is 4.67. The first-order valence-corrected chi connectivity index (χ1v) is 13.5. The minimum Gasteiger partial charge on any atom is -0.433 e. The van der Waals surface area contributed by atoms with Crippen molar-refractivity contribution in [3.63, 3.8) is 0 Å². The maximum Gasteiger partial charge on any atom is 0.219 e. The summed E-state index contributed by atoms with van der Waals surface area (Å²) in [5, 5.41) is 8.75. The smallest absolute Gasteiger partial charge is 0.219 e. The molecule has 0 aliphatic carbocycles. The summed E-state index contributed by atoms with van der Waals surface area (Å²) in [5.74, 6) is -2.32. The van der Waals surface area contributed by atoms with Gasteiger partial charge in [0, 0.05) is 42.3 Å². The number of pyridine rings is 1. The number of aromatic nitrogens is 4. The summed E-state index contributed by atoms with van der Waals surface area (Å²) in [6.07, 6.45) is 4.90. The Labute approximate surface area is 233 Å². The van der Waals surface area contributed by atoms with Gasteiger partial charge in [0.1, 0.15) is 5.82 Å². The van der Waals surface area contributed by atoms with E-state index in [-0.39, 0.29) is 23.0 Å². The van der Waals surface area contributed by atoms with E-state index < -0.39 is 17.4 Å². The molecule has 0 spiro atoms. The average molecular weight is 556 g/mol. The summed E-state index contributed by atoms with van der Waals surface area (Å²) < 4.78 is 34.8. The number of hydrogen-bond acceptors (Lipinski definition) is 7. The highest BCUT2D eigenvalue weighted by atomic mass is 19.1. The molecular weight excluding hydrogens is 528 g/mol. The van der Waals surface area contributed by atoms with Crippen LogP contribution in [0.15, 0.2) is 54.9 Å². The minimum atomic E-state index is -0.835. The van der Waals surface area contributed by atoms with Crippen molar-refractivity contribution >= 4 is 28.2 Å². The molecule has 2 aliphatic heterocycles. The van der Waals surface area contributed by atoms with Gasteiger partial charge < -0.3 is 25.7 Å². The zero-order valence-corrected chi connectivity index (χ0v) is 22.2. The fraction of sp³-hybridized carbons (Fsp3) is 0.233. The molecule has 7 rings (SSSR count). The second-order valence-electron chi connectivity index (χ2n) is 10.5. The van der Waals surface area contributed by atoms with Gasteiger partial charge in [0.15, 0.2) is 11.6 Å². The normalized spacial score (nSPS) is 15.1. The Hall–Kier alpha value is -4.77. The van der Waals surface area contributed by atoms with Gasteiger partial charge in [-0.25, -0.2) is 18.4 Å². The van der Waals surface area contributed by atoms with Crippen molar-refractivity contribution in [3.8, 4) is 17.3 Å². The second-order valence-corrected chi connectivity index (χ2v) is 10.5. The van der Waals surface area contributed by atoms with Crippen molar-refractivity contribution in [3.05, 3.63) is 88.9 Å². The van der Waals surface area contributed by atoms with Crippen LogP contribution in [-0.4, -0.2) is 51.2 Å². The Morgan fingerprint density at radius 2 is 1.90 bits per heavy atom. The molecule has 0 saturated carbocycles. The van der Waals surface area contributed by atoms with Gasteiger partial charge in [-0.15, -0.1) is 0 Å². The number of carbonyl (C=O) groups is 1. The van der Waals surface area contributed by atoms with Crippen molar-refractivity contribution in [1.82, 2.24) is 25.1 Å². The third-order valence-electron chi connectivity index (χ3n) is 7.93. The van der Waals surface area contributed by atoms with Gasteiger partial charge in [-0.2, -0.15) is 5.10 Å². The molecule has 1 saturated heterocycles. The van der Waals surface area contributed by atoms with Gasteiger partial charge in [0.25, 0.3) is 0 Å². The molecule has 9 nitrogen and oxygen atoms in total. The summed E-state index contributed by atoms with van der Waals surface area (Å²) in [6.45, 7) is 4.78. The van der Waals surface area contributed by atoms with Crippen LogP contribution in [0.5, 0.6) is 11.6 Å². The van der Waals surface area contributed by atoms with E-state index >= 15 is 0 Å². The number of ketones is 1. The minimum absolute atomic E-state index is 0.00539. The lowest BCUT2D eigenvalue weighted by Gasteiger charge is -2.43. The lowest BCUT2D eigenvalue weighted by atomic mass is 9.95. The standard InChI is InChI=1S/C30H27F2N7O2/c1-16-10-27(41-29-21(31)5-2-6-22(29)32)35-15-26(16)39-30(33)20(14-36-39)28(40)24-11-19-18-4-3-9-38(17-12-34-13-17)25(18)8-7-23(19)37-24/h2,5-8,10-11,14-15,17,34,37H,3-4,9,12-13,33H2,1H3. The average Bonchev–Trinajstić information content (AvgIpc) is 3.54. The van der Waals surface area contributed by atoms with Crippen LogP contribution in [0.4, 0.5) is 20.3 Å². The van der Waals surface area contributed by atoms with Crippen LogP contribution < -0.4 is 20.7 Å². The Bertz CT molecular complexity index is 1810. The molecule has 2 aromatic carbocycles. The second kappa shape index (κ2) is 9.70. The molecule has 11 heteroatoms. The molecule has 4 N–H and O–H groups in total. The summed E-state index contributed by atoms with van der Waals surface area (Å²) >= 11 is 0. The topological polar surface area (TPSA) is 114 Å². The molecule has 1 fully saturated rings. The SMILES string of the molecule is Cc1cc(Oc2c(F)cccc2F)ncc1-n1ncc(C(=O)c2cc3c4c(ccc3[nH]2)N(C2CNC2)CCC4)c1N. The van der Waals surface area contributed by atoms with Crippen molar-refractivity contribution in [2.45, 2.75) is 25.8 Å². The van der Waals surface area contributed by atoms with E-state index in [4.69, 9.17) is 10.5 Å². The number of nitrogen functional groups attached to an aromatic ring is 1. The maximum atomic E-state index is 14.0. The first kappa shape index (κ1) is 25.2. The lowest BCUT2D eigenvalue weighted by molar-refractivity contribution is 0.103. The Morgan fingerprint density at radius 1 is 1.10 bits per heavy atom. The number of halogens is 2. The quantitative estimate of drug-likeness (QED) is 0.261. The van der Waals surface area contributed by atoms with Gasteiger partial charge in [-0.3, -0.25) is 4.79 Å². The molecule has 0 atom stereocenters. The van der Waals surface area contributed by atoms with E-state index in [1.165, 1.54) is 40.5 Å². The zero-order chi connectivity index (χ0) is 28.2. The fourth-order valence-electron chi connectivity index (χ4n) is 5.68. The number of nitrogens with one attached hydrogen (secondary N) is 2. The number of benzene rings is 2. The highest BCUT2D eigenvalue weighted by molar-refractivity contribution is 6.13. The van der Waals surface area contributed by atoms with E-state index in [9.17, 15) is 13.6 Å². The molecule has 208 valence electrons. The Kier molecular flexibility index (Phi) is 5.97. The van der Waals surface area contributed by atoms with Gasteiger partial charge in [-0.05, 0) is 61.2 Å². The first-order valence-electron chi connectivity index (χ1n) is 13.5. The zero-order valence-electron chi connectivity index (χ0n) is 22.2. The molecule has 2 aliphatic rings. The van der Waals surface area contributed by atoms with Crippen molar-refractivity contribution in [2.24, 2.45) is 0 Å². The molecule has 5 heterocycles. The van der Waals surface area contributed by atoms with Crippen molar-refractivity contribution < 1.29 is 18.3 Å². The largest absolute Gasteiger partial charge is 0.433 e. The first-order chi connectivity index (χ1) is 19.9. The van der Waals surface area contributed by atoms with E-state index in [0.29, 0.717) is 23.0 Å². The van der Waals surface area contributed by atoms with Gasteiger partial charge >= 0.3 is 0 Å². The van der Waals surface area contributed by atoms with Crippen LogP contribution in [0.25, 0.3) is 16.6 Å². The molecule has 0 unspecified atom stereocenters. The van der Waals surface area contributed by atoms with Crippen LogP contribution in [-0.2, 0) is 6.42 Å².